The van der Waals surface area contributed by atoms with E-state index in [1.807, 2.05) is 0 Å². The van der Waals surface area contributed by atoms with Gasteiger partial charge in [-0.15, -0.1) is 0 Å². The molecule has 0 aromatic heterocycles. The summed E-state index contributed by atoms with van der Waals surface area (Å²) in [6, 6.07) is 4.48. The Bertz CT molecular complexity index is 498. The van der Waals surface area contributed by atoms with Gasteiger partial charge in [0, 0.05) is 11.6 Å². The maximum atomic E-state index is 13.0. The van der Waals surface area contributed by atoms with Gasteiger partial charge in [-0.2, -0.15) is 0 Å². The Morgan fingerprint density at radius 2 is 2.00 bits per heavy atom. The Balaban J connectivity index is 3.06. The molecule has 1 atom stereocenters. The van der Waals surface area contributed by atoms with Crippen LogP contribution in [0.15, 0.2) is 29.2 Å². The Morgan fingerprint density at radius 1 is 1.41 bits per heavy atom. The van der Waals surface area contributed by atoms with E-state index < -0.39 is 21.4 Å². The van der Waals surface area contributed by atoms with E-state index in [1.165, 1.54) is 18.2 Å². The van der Waals surface area contributed by atoms with Crippen molar-refractivity contribution in [2.75, 3.05) is 0 Å². The minimum Gasteiger partial charge on any atom is -0.326 e. The lowest BCUT2D eigenvalue weighted by atomic mass is 9.99. The highest BCUT2D eigenvalue weighted by Gasteiger charge is 2.29. The molecule has 0 aliphatic heterocycles. The van der Waals surface area contributed by atoms with Gasteiger partial charge in [0.05, 0.1) is 4.90 Å². The Morgan fingerprint density at radius 3 is 2.47 bits per heavy atom. The molecule has 96 valence electrons. The highest BCUT2D eigenvalue weighted by atomic mass is 32.2. The third-order valence-corrected chi connectivity index (χ3v) is 4.31. The van der Waals surface area contributed by atoms with E-state index in [0.717, 1.165) is 6.07 Å². The molecule has 0 radical (unpaired) electrons. The molecule has 1 unspecified atom stereocenters. The van der Waals surface area contributed by atoms with Crippen LogP contribution in [0.25, 0.3) is 0 Å². The summed E-state index contributed by atoms with van der Waals surface area (Å²) in [7, 11) is -3.76. The summed E-state index contributed by atoms with van der Waals surface area (Å²) < 4.78 is 39.4. The lowest BCUT2D eigenvalue weighted by Gasteiger charge is -2.29. The quantitative estimate of drug-likeness (QED) is 0.855. The molecule has 0 bridgehead atoms. The Labute approximate surface area is 101 Å². The number of rotatable bonds is 4. The second kappa shape index (κ2) is 4.72. The number of benzene rings is 1. The first-order valence-corrected chi connectivity index (χ1v) is 6.68. The van der Waals surface area contributed by atoms with E-state index in [9.17, 15) is 12.8 Å². The predicted octanol–water partition coefficient (Wildman–Crippen LogP) is 1.23. The van der Waals surface area contributed by atoms with Crippen molar-refractivity contribution in [1.29, 1.82) is 0 Å². The largest absolute Gasteiger partial charge is 0.326 e. The van der Waals surface area contributed by atoms with Crippen molar-refractivity contribution in [3.8, 4) is 0 Å². The van der Waals surface area contributed by atoms with Crippen LogP contribution in [0.2, 0.25) is 0 Å². The molecule has 6 heteroatoms. The normalized spacial score (nSPS) is 14.6. The average Bonchev–Trinajstić information content (AvgIpc) is 2.15. The minimum atomic E-state index is -3.76. The first-order valence-electron chi connectivity index (χ1n) is 5.20. The molecule has 0 aliphatic carbocycles. The Kier molecular flexibility index (Phi) is 3.91. The minimum absolute atomic E-state index is 0.105. The number of halogens is 1. The number of nitrogens with two attached hydrogens (primary N) is 1. The second-order valence-electron chi connectivity index (χ2n) is 4.57. The zero-order chi connectivity index (χ0) is 13.3. The van der Waals surface area contributed by atoms with E-state index in [1.54, 1.807) is 20.8 Å². The van der Waals surface area contributed by atoms with Crippen LogP contribution in [0, 0.1) is 5.82 Å². The van der Waals surface area contributed by atoms with Crippen molar-refractivity contribution in [3.05, 3.63) is 30.1 Å². The molecule has 0 saturated heterocycles. The summed E-state index contributed by atoms with van der Waals surface area (Å²) >= 11 is 0. The van der Waals surface area contributed by atoms with Crippen LogP contribution < -0.4 is 10.5 Å². The van der Waals surface area contributed by atoms with Crippen molar-refractivity contribution in [2.45, 2.75) is 37.2 Å². The van der Waals surface area contributed by atoms with E-state index in [4.69, 9.17) is 5.73 Å². The molecule has 0 heterocycles. The zero-order valence-electron chi connectivity index (χ0n) is 10.1. The summed E-state index contributed by atoms with van der Waals surface area (Å²) in [6.07, 6.45) is 0. The average molecular weight is 260 g/mol. The van der Waals surface area contributed by atoms with Crippen LogP contribution in [-0.2, 0) is 10.0 Å². The van der Waals surface area contributed by atoms with Crippen molar-refractivity contribution < 1.29 is 12.8 Å². The standard InChI is InChI=1S/C11H17FN2O2S/c1-8(13)11(2,3)14-17(15,16)10-6-4-5-9(12)7-10/h4-8,14H,13H2,1-3H3. The van der Waals surface area contributed by atoms with Crippen LogP contribution in [-0.4, -0.2) is 20.0 Å². The van der Waals surface area contributed by atoms with Gasteiger partial charge in [0.2, 0.25) is 10.0 Å². The zero-order valence-corrected chi connectivity index (χ0v) is 10.9. The van der Waals surface area contributed by atoms with Gasteiger partial charge < -0.3 is 5.73 Å². The van der Waals surface area contributed by atoms with Crippen LogP contribution >= 0.6 is 0 Å². The lowest BCUT2D eigenvalue weighted by Crippen LogP contribution is -2.54. The second-order valence-corrected chi connectivity index (χ2v) is 6.26. The molecule has 0 spiro atoms. The summed E-state index contributed by atoms with van der Waals surface area (Å²) in [5.74, 6) is -0.591. The molecule has 3 N–H and O–H groups in total. The van der Waals surface area contributed by atoms with E-state index >= 15 is 0 Å². The smallest absolute Gasteiger partial charge is 0.241 e. The predicted molar refractivity (Wildman–Crippen MR) is 64.4 cm³/mol. The number of sulfonamides is 1. The SMILES string of the molecule is CC(N)C(C)(C)NS(=O)(=O)c1cccc(F)c1. The summed E-state index contributed by atoms with van der Waals surface area (Å²) in [5, 5.41) is 0. The molecule has 0 amide bonds. The molecular weight excluding hydrogens is 243 g/mol. The third kappa shape index (κ3) is 3.49. The topological polar surface area (TPSA) is 72.2 Å². The first kappa shape index (κ1) is 14.1. The van der Waals surface area contributed by atoms with Crippen molar-refractivity contribution in [3.63, 3.8) is 0 Å². The van der Waals surface area contributed by atoms with Crippen LogP contribution in [0.4, 0.5) is 4.39 Å². The first-order chi connectivity index (χ1) is 7.65. The number of nitrogens with one attached hydrogen (secondary N) is 1. The fraction of sp³-hybridized carbons (Fsp3) is 0.455. The van der Waals surface area contributed by atoms with E-state index in [2.05, 4.69) is 4.72 Å². The van der Waals surface area contributed by atoms with Crippen LogP contribution in [0.5, 0.6) is 0 Å². The number of hydrogen-bond acceptors (Lipinski definition) is 3. The highest BCUT2D eigenvalue weighted by Crippen LogP contribution is 2.15. The molecule has 0 fully saturated rings. The van der Waals surface area contributed by atoms with Gasteiger partial charge in [0.25, 0.3) is 0 Å². The van der Waals surface area contributed by atoms with Crippen molar-refractivity contribution in [2.24, 2.45) is 5.73 Å². The van der Waals surface area contributed by atoms with Crippen LogP contribution in [0.1, 0.15) is 20.8 Å². The maximum Gasteiger partial charge on any atom is 0.241 e. The van der Waals surface area contributed by atoms with E-state index in [0.29, 0.717) is 0 Å². The van der Waals surface area contributed by atoms with Crippen LogP contribution in [0.3, 0.4) is 0 Å². The van der Waals surface area contributed by atoms with Gasteiger partial charge in [-0.05, 0) is 39.0 Å². The molecule has 4 nitrogen and oxygen atoms in total. The fourth-order valence-corrected chi connectivity index (χ4v) is 2.65. The molecule has 1 aromatic carbocycles. The van der Waals surface area contributed by atoms with Crippen molar-refractivity contribution >= 4 is 10.0 Å². The van der Waals surface area contributed by atoms with Crippen molar-refractivity contribution in [1.82, 2.24) is 4.72 Å². The lowest BCUT2D eigenvalue weighted by molar-refractivity contribution is 0.387. The molecule has 0 saturated carbocycles. The van der Waals surface area contributed by atoms with Gasteiger partial charge >= 0.3 is 0 Å². The molecule has 1 rings (SSSR count). The van der Waals surface area contributed by atoms with Gasteiger partial charge in [0.1, 0.15) is 5.82 Å². The molecular formula is C11H17FN2O2S. The van der Waals surface area contributed by atoms with Gasteiger partial charge in [0.15, 0.2) is 0 Å². The Hall–Kier alpha value is -0.980. The summed E-state index contributed by atoms with van der Waals surface area (Å²) in [5.41, 5.74) is 4.88. The fourth-order valence-electron chi connectivity index (χ4n) is 1.13. The molecule has 0 aliphatic rings. The maximum absolute atomic E-state index is 13.0. The molecule has 17 heavy (non-hydrogen) atoms. The van der Waals surface area contributed by atoms with E-state index in [-0.39, 0.29) is 10.9 Å². The highest BCUT2D eigenvalue weighted by molar-refractivity contribution is 7.89. The third-order valence-electron chi connectivity index (χ3n) is 2.64. The van der Waals surface area contributed by atoms with Gasteiger partial charge in [-0.25, -0.2) is 17.5 Å². The monoisotopic (exact) mass is 260 g/mol. The summed E-state index contributed by atoms with van der Waals surface area (Å²) in [4.78, 5) is -0.105. The summed E-state index contributed by atoms with van der Waals surface area (Å²) in [6.45, 7) is 5.05. The molecule has 1 aromatic rings. The van der Waals surface area contributed by atoms with Gasteiger partial charge in [-0.3, -0.25) is 0 Å². The number of hydrogen-bond donors (Lipinski definition) is 2. The van der Waals surface area contributed by atoms with Gasteiger partial charge in [-0.1, -0.05) is 6.07 Å².